The van der Waals surface area contributed by atoms with Crippen LogP contribution >= 0.6 is 23.2 Å². The molecule has 33 heavy (non-hydrogen) atoms. The van der Waals surface area contributed by atoms with Crippen molar-refractivity contribution in [2.24, 2.45) is 0 Å². The summed E-state index contributed by atoms with van der Waals surface area (Å²) in [5.74, 6) is -1.28. The fraction of sp³-hybridized carbons (Fsp3) is 0.348. The average Bonchev–Trinajstić information content (AvgIpc) is 3.51. The molecule has 0 radical (unpaired) electrons. The molecule has 10 heteroatoms. The fourth-order valence-corrected chi connectivity index (χ4v) is 6.26. The third-order valence-corrected chi connectivity index (χ3v) is 8.29. The summed E-state index contributed by atoms with van der Waals surface area (Å²) < 4.78 is 43.2. The number of carbonyl (C=O) groups is 1. The van der Waals surface area contributed by atoms with E-state index in [9.17, 15) is 13.2 Å². The second-order valence-corrected chi connectivity index (χ2v) is 11.1. The first-order valence-corrected chi connectivity index (χ1v) is 13.1. The van der Waals surface area contributed by atoms with Crippen LogP contribution in [0.2, 0.25) is 5.02 Å². The fourth-order valence-electron chi connectivity index (χ4n) is 4.63. The highest BCUT2D eigenvalue weighted by Crippen LogP contribution is 2.42. The van der Waals surface area contributed by atoms with Crippen molar-refractivity contribution >= 4 is 50.0 Å². The Morgan fingerprint density at radius 3 is 2.67 bits per heavy atom. The number of amides is 1. The van der Waals surface area contributed by atoms with Crippen molar-refractivity contribution in [3.8, 4) is 0 Å². The van der Waals surface area contributed by atoms with E-state index in [4.69, 9.17) is 23.2 Å². The van der Waals surface area contributed by atoms with Crippen molar-refractivity contribution in [1.29, 1.82) is 0 Å². The molecule has 2 heterocycles. The minimum Gasteiger partial charge on any atom is -0.356 e. The maximum absolute atomic E-state index is 15.5. The highest BCUT2D eigenvalue weighted by Gasteiger charge is 2.40. The lowest BCUT2D eigenvalue weighted by Gasteiger charge is -2.41. The van der Waals surface area contributed by atoms with E-state index in [1.165, 1.54) is 12.1 Å². The van der Waals surface area contributed by atoms with Crippen molar-refractivity contribution in [3.05, 3.63) is 64.1 Å². The molecule has 0 unspecified atom stereocenters. The number of aromatic amines is 1. The van der Waals surface area contributed by atoms with E-state index < -0.39 is 21.9 Å². The molecule has 2 aromatic carbocycles. The summed E-state index contributed by atoms with van der Waals surface area (Å²) in [4.78, 5) is 17.6. The second kappa shape index (κ2) is 8.27. The molecular weight excluding hydrogens is 488 g/mol. The number of H-pyrrole nitrogens is 1. The van der Waals surface area contributed by atoms with E-state index in [0.29, 0.717) is 17.1 Å². The monoisotopic (exact) mass is 509 g/mol. The maximum atomic E-state index is 15.5. The molecule has 3 aromatic rings. The quantitative estimate of drug-likeness (QED) is 0.496. The Morgan fingerprint density at radius 1 is 1.24 bits per heavy atom. The van der Waals surface area contributed by atoms with Crippen LogP contribution in [0.3, 0.4) is 0 Å². The Morgan fingerprint density at radius 2 is 2.00 bits per heavy atom. The van der Waals surface area contributed by atoms with Crippen LogP contribution in [0.25, 0.3) is 10.9 Å². The van der Waals surface area contributed by atoms with E-state index in [1.54, 1.807) is 11.0 Å². The number of hydrogen-bond donors (Lipinski definition) is 2. The molecule has 0 saturated heterocycles. The van der Waals surface area contributed by atoms with Gasteiger partial charge in [-0.15, -0.1) is 11.6 Å². The van der Waals surface area contributed by atoms with Gasteiger partial charge in [-0.25, -0.2) is 17.5 Å². The first-order chi connectivity index (χ1) is 15.7. The summed E-state index contributed by atoms with van der Waals surface area (Å²) in [5.41, 5.74) is 2.66. The number of rotatable bonds is 5. The number of nitrogens with zero attached hydrogens (tertiary/aromatic N) is 1. The highest BCUT2D eigenvalue weighted by molar-refractivity contribution is 7.89. The zero-order valence-corrected chi connectivity index (χ0v) is 20.1. The summed E-state index contributed by atoms with van der Waals surface area (Å²) in [6.45, 7) is 1.89. The number of benzene rings is 2. The largest absolute Gasteiger partial charge is 0.356 e. The van der Waals surface area contributed by atoms with E-state index in [1.807, 2.05) is 19.1 Å². The number of fused-ring (bicyclic) bond motifs is 3. The van der Waals surface area contributed by atoms with Gasteiger partial charge in [0, 0.05) is 39.3 Å². The van der Waals surface area contributed by atoms with Crippen LogP contribution in [-0.2, 0) is 21.2 Å². The van der Waals surface area contributed by atoms with Crippen LogP contribution in [0, 0.1) is 5.82 Å². The zero-order chi connectivity index (χ0) is 23.5. The molecule has 174 valence electrons. The molecule has 1 aliphatic carbocycles. The number of hydrogen-bond acceptors (Lipinski definition) is 3. The van der Waals surface area contributed by atoms with Gasteiger partial charge in [-0.3, -0.25) is 4.79 Å². The molecule has 0 spiro atoms. The van der Waals surface area contributed by atoms with Crippen molar-refractivity contribution in [2.45, 2.75) is 49.2 Å². The van der Waals surface area contributed by atoms with Gasteiger partial charge >= 0.3 is 0 Å². The lowest BCUT2D eigenvalue weighted by atomic mass is 9.88. The van der Waals surface area contributed by atoms with E-state index in [2.05, 4.69) is 9.71 Å². The minimum absolute atomic E-state index is 0.0884. The van der Waals surface area contributed by atoms with E-state index in [-0.39, 0.29) is 34.3 Å². The number of alkyl halides is 1. The Balaban J connectivity index is 1.65. The SMILES string of the molecule is C[C@H]1Cc2c([nH]c3ccc(Cl)cc23)[C@H](c2ccc(S(=O)(=O)NC3CC3)cc2F)N1C(=O)CCl. The molecule has 5 rings (SSSR count). The molecule has 1 amide bonds. The topological polar surface area (TPSA) is 82.3 Å². The normalized spacial score (nSPS) is 20.8. The summed E-state index contributed by atoms with van der Waals surface area (Å²) in [7, 11) is -3.81. The van der Waals surface area contributed by atoms with Crippen molar-refractivity contribution in [2.75, 3.05) is 5.88 Å². The number of nitrogens with one attached hydrogen (secondary N) is 2. The third-order valence-electron chi connectivity index (χ3n) is 6.31. The van der Waals surface area contributed by atoms with Crippen LogP contribution in [-0.4, -0.2) is 42.2 Å². The van der Waals surface area contributed by atoms with Crippen LogP contribution in [0.4, 0.5) is 4.39 Å². The summed E-state index contributed by atoms with van der Waals surface area (Å²) in [5, 5.41) is 1.50. The maximum Gasteiger partial charge on any atom is 0.240 e. The molecule has 0 bridgehead atoms. The van der Waals surface area contributed by atoms with Gasteiger partial charge in [0.05, 0.1) is 4.90 Å². The second-order valence-electron chi connectivity index (χ2n) is 8.68. The number of sulfonamides is 1. The molecular formula is C23H22Cl2FN3O3S. The first kappa shape index (κ1) is 22.7. The van der Waals surface area contributed by atoms with Crippen molar-refractivity contribution < 1.29 is 17.6 Å². The van der Waals surface area contributed by atoms with E-state index >= 15 is 4.39 Å². The number of aromatic nitrogens is 1. The smallest absolute Gasteiger partial charge is 0.240 e. The van der Waals surface area contributed by atoms with Gasteiger partial charge in [0.2, 0.25) is 15.9 Å². The molecule has 2 N–H and O–H groups in total. The Hall–Kier alpha value is -2.13. The lowest BCUT2D eigenvalue weighted by Crippen LogP contribution is -2.47. The zero-order valence-electron chi connectivity index (χ0n) is 17.7. The van der Waals surface area contributed by atoms with Crippen molar-refractivity contribution in [1.82, 2.24) is 14.6 Å². The van der Waals surface area contributed by atoms with Gasteiger partial charge in [0.25, 0.3) is 0 Å². The highest BCUT2D eigenvalue weighted by atomic mass is 35.5. The third kappa shape index (κ3) is 4.03. The van der Waals surface area contributed by atoms with Gasteiger partial charge in [-0.1, -0.05) is 17.7 Å². The van der Waals surface area contributed by atoms with Gasteiger partial charge in [-0.05, 0) is 62.1 Å². The Bertz CT molecular complexity index is 1370. The van der Waals surface area contributed by atoms with Gasteiger partial charge < -0.3 is 9.88 Å². The predicted octanol–water partition coefficient (Wildman–Crippen LogP) is 4.50. The van der Waals surface area contributed by atoms with E-state index in [0.717, 1.165) is 35.4 Å². The van der Waals surface area contributed by atoms with Crippen LogP contribution < -0.4 is 4.72 Å². The molecule has 6 nitrogen and oxygen atoms in total. The van der Waals surface area contributed by atoms with Gasteiger partial charge in [0.1, 0.15) is 17.7 Å². The molecule has 2 atom stereocenters. The number of carbonyl (C=O) groups excluding carboxylic acids is 1. The first-order valence-electron chi connectivity index (χ1n) is 10.7. The van der Waals surface area contributed by atoms with Crippen LogP contribution in [0.1, 0.15) is 42.6 Å². The standard InChI is InChI=1S/C23H22Cl2FN3O3S/c1-12-8-18-17-9-13(25)2-7-20(17)27-22(18)23(29(12)21(30)11-24)16-6-5-15(10-19(16)26)33(31,32)28-14-3-4-14/h2,5-7,9-10,12,14,23,27-28H,3-4,8,11H2,1H3/t12-,23-/m0/s1. The predicted molar refractivity (Wildman–Crippen MR) is 126 cm³/mol. The summed E-state index contributed by atoms with van der Waals surface area (Å²) in [6, 6.07) is 8.17. The summed E-state index contributed by atoms with van der Waals surface area (Å²) >= 11 is 12.1. The van der Waals surface area contributed by atoms with Crippen molar-refractivity contribution in [3.63, 3.8) is 0 Å². The average molecular weight is 510 g/mol. The molecule has 2 aliphatic rings. The Kier molecular flexibility index (Phi) is 5.68. The van der Waals surface area contributed by atoms with Crippen LogP contribution in [0.5, 0.6) is 0 Å². The summed E-state index contributed by atoms with van der Waals surface area (Å²) in [6.07, 6.45) is 2.11. The number of halogens is 3. The minimum atomic E-state index is -3.81. The molecule has 1 aliphatic heterocycles. The molecule has 1 fully saturated rings. The van der Waals surface area contributed by atoms with Gasteiger partial charge in [-0.2, -0.15) is 0 Å². The molecule has 1 saturated carbocycles. The Labute approximate surface area is 201 Å². The van der Waals surface area contributed by atoms with Gasteiger partial charge in [0.15, 0.2) is 0 Å². The molecule has 1 aromatic heterocycles. The lowest BCUT2D eigenvalue weighted by molar-refractivity contribution is -0.133. The van der Waals surface area contributed by atoms with Crippen LogP contribution in [0.15, 0.2) is 41.3 Å².